The monoisotopic (exact) mass is 671 g/mol. The minimum atomic E-state index is -0.864. The Hall–Kier alpha value is -2.11. The molecule has 12 atom stereocenters. The van der Waals surface area contributed by atoms with Gasteiger partial charge in [-0.25, -0.2) is 9.59 Å². The highest BCUT2D eigenvalue weighted by Gasteiger charge is 2.85. The number of carbonyl (C=O) groups excluding carboxylic acids is 2. The van der Waals surface area contributed by atoms with Gasteiger partial charge in [0.25, 0.3) is 0 Å². The topological polar surface area (TPSA) is 152 Å². The second-order valence-electron chi connectivity index (χ2n) is 18.4. The zero-order valence-corrected chi connectivity index (χ0v) is 29.5. The first-order chi connectivity index (χ1) is 22.6. The first-order valence-corrected chi connectivity index (χ1v) is 18.9. The fourth-order valence-electron chi connectivity index (χ4n) is 13.2. The molecule has 0 bridgehead atoms. The van der Waals surface area contributed by atoms with Crippen molar-refractivity contribution in [2.24, 2.45) is 57.0 Å². The molecule has 2 amide bonds. The van der Waals surface area contributed by atoms with E-state index in [4.69, 9.17) is 19.9 Å². The summed E-state index contributed by atoms with van der Waals surface area (Å²) in [6.07, 6.45) is 6.96. The van der Waals surface area contributed by atoms with Gasteiger partial charge in [0, 0.05) is 31.6 Å². The van der Waals surface area contributed by atoms with Crippen molar-refractivity contribution in [3.05, 3.63) is 0 Å². The van der Waals surface area contributed by atoms with Gasteiger partial charge in [0.1, 0.15) is 12.2 Å². The maximum atomic E-state index is 13.0. The molecule has 12 unspecified atom stereocenters. The number of carboxylic acid groups (broad SMARTS) is 1. The standard InChI is InChI=1S/C37H57N3O8/c1-20(2)27(48-31(44)39-15-6-16-39)23-8-7-22-28(46-23)29(41)37(38)25-10-9-24-33(3,4)26(47-32(45)40-17-21(18-40)30(42)43)11-12-35(24)19-36(25,35)14-13-34(22,37)5/h20-29,41H,6-19,38H2,1-5H3,(H,42,43). The molecule has 11 heteroatoms. The van der Waals surface area contributed by atoms with E-state index in [1.54, 1.807) is 4.90 Å². The highest BCUT2D eigenvalue weighted by atomic mass is 16.6. The molecule has 8 rings (SSSR count). The van der Waals surface area contributed by atoms with Crippen molar-refractivity contribution in [1.82, 2.24) is 9.80 Å². The molecule has 3 aliphatic heterocycles. The third kappa shape index (κ3) is 4.19. The van der Waals surface area contributed by atoms with Gasteiger partial charge in [-0.1, -0.05) is 34.6 Å². The molecule has 8 aliphatic rings. The van der Waals surface area contributed by atoms with Gasteiger partial charge in [-0.15, -0.1) is 0 Å². The molecular formula is C37H57N3O8. The zero-order chi connectivity index (χ0) is 34.2. The molecule has 0 aromatic carbocycles. The van der Waals surface area contributed by atoms with E-state index in [0.29, 0.717) is 5.92 Å². The second-order valence-corrected chi connectivity index (χ2v) is 18.4. The Bertz CT molecular complexity index is 1360. The number of carbonyl (C=O) groups is 3. The number of nitrogens with two attached hydrogens (primary N) is 1. The number of likely N-dealkylation sites (tertiary alicyclic amines) is 2. The number of rotatable bonds is 5. The van der Waals surface area contributed by atoms with E-state index in [1.165, 1.54) is 4.90 Å². The van der Waals surface area contributed by atoms with Crippen molar-refractivity contribution in [2.45, 2.75) is 135 Å². The van der Waals surface area contributed by atoms with E-state index in [9.17, 15) is 24.6 Å². The summed E-state index contributed by atoms with van der Waals surface area (Å²) in [5.74, 6) is -0.536. The number of amides is 2. The molecule has 3 heterocycles. The number of nitrogens with zero attached hydrogens (tertiary/aromatic N) is 2. The molecule has 48 heavy (non-hydrogen) atoms. The maximum absolute atomic E-state index is 13.0. The van der Waals surface area contributed by atoms with E-state index < -0.39 is 23.5 Å². The van der Waals surface area contributed by atoms with Crippen molar-refractivity contribution >= 4 is 18.2 Å². The summed E-state index contributed by atoms with van der Waals surface area (Å²) in [6, 6.07) is 0. The van der Waals surface area contributed by atoms with E-state index in [2.05, 4.69) is 34.6 Å². The van der Waals surface area contributed by atoms with Crippen molar-refractivity contribution < 1.29 is 38.8 Å². The lowest BCUT2D eigenvalue weighted by Gasteiger charge is -2.63. The van der Waals surface area contributed by atoms with Crippen molar-refractivity contribution in [3.63, 3.8) is 0 Å². The number of hydrogen-bond donors (Lipinski definition) is 3. The molecule has 268 valence electrons. The van der Waals surface area contributed by atoms with Crippen LogP contribution in [0, 0.1) is 51.2 Å². The van der Waals surface area contributed by atoms with Crippen LogP contribution in [-0.2, 0) is 19.0 Å². The van der Waals surface area contributed by atoms with Crippen LogP contribution in [0.3, 0.4) is 0 Å². The molecule has 5 saturated carbocycles. The van der Waals surface area contributed by atoms with Gasteiger partial charge in [-0.3, -0.25) is 4.79 Å². The number of aliphatic hydroxyl groups is 1. The van der Waals surface area contributed by atoms with Gasteiger partial charge < -0.3 is 40.0 Å². The van der Waals surface area contributed by atoms with Gasteiger partial charge >= 0.3 is 18.2 Å². The summed E-state index contributed by atoms with van der Waals surface area (Å²) in [4.78, 5) is 40.4. The van der Waals surface area contributed by atoms with Crippen LogP contribution < -0.4 is 5.73 Å². The number of hydrogen-bond acceptors (Lipinski definition) is 8. The SMILES string of the molecule is CC(C)C(OC(=O)N1CCC1)C1CCC2C(O1)C(O)C1(N)C3CCC4C(C)(C)C(OC(=O)N5CC(C(=O)O)C5)CCC45CC35CCC21C. The average Bonchev–Trinajstić information content (AvgIpc) is 3.60. The van der Waals surface area contributed by atoms with Crippen LogP contribution in [0.5, 0.6) is 0 Å². The van der Waals surface area contributed by atoms with Gasteiger partial charge in [-0.2, -0.15) is 0 Å². The largest absolute Gasteiger partial charge is 0.481 e. The summed E-state index contributed by atoms with van der Waals surface area (Å²) in [5.41, 5.74) is 6.69. The lowest BCUT2D eigenvalue weighted by atomic mass is 9.44. The Balaban J connectivity index is 0.994. The summed E-state index contributed by atoms with van der Waals surface area (Å²) < 4.78 is 19.1. The van der Waals surface area contributed by atoms with Crippen molar-refractivity contribution in [3.8, 4) is 0 Å². The van der Waals surface area contributed by atoms with E-state index in [1.807, 2.05) is 0 Å². The number of aliphatic carboxylic acids is 1. The van der Waals surface area contributed by atoms with Gasteiger partial charge in [-0.05, 0) is 104 Å². The Kier molecular flexibility index (Phi) is 7.37. The van der Waals surface area contributed by atoms with Crippen LogP contribution in [0.2, 0.25) is 0 Å². The smallest absolute Gasteiger partial charge is 0.410 e. The van der Waals surface area contributed by atoms with E-state index in [-0.39, 0.29) is 89.1 Å². The molecule has 4 N–H and O–H groups in total. The van der Waals surface area contributed by atoms with Gasteiger partial charge in [0.15, 0.2) is 0 Å². The van der Waals surface area contributed by atoms with Gasteiger partial charge in [0.05, 0.1) is 29.8 Å². The van der Waals surface area contributed by atoms with Gasteiger partial charge in [0.2, 0.25) is 0 Å². The minimum absolute atomic E-state index is 0.0731. The van der Waals surface area contributed by atoms with Crippen LogP contribution in [0.15, 0.2) is 0 Å². The zero-order valence-electron chi connectivity index (χ0n) is 29.5. The average molecular weight is 672 g/mol. The molecule has 11 nitrogen and oxygen atoms in total. The third-order valence-electron chi connectivity index (χ3n) is 16.0. The molecule has 2 spiro atoms. The predicted molar refractivity (Wildman–Crippen MR) is 175 cm³/mol. The third-order valence-corrected chi connectivity index (χ3v) is 16.0. The molecule has 0 radical (unpaired) electrons. The Morgan fingerprint density at radius 1 is 0.896 bits per heavy atom. The van der Waals surface area contributed by atoms with Crippen LogP contribution in [-0.4, -0.2) is 100 Å². The quantitative estimate of drug-likeness (QED) is 0.380. The molecular weight excluding hydrogens is 614 g/mol. The number of carboxylic acids is 1. The number of ether oxygens (including phenoxy) is 3. The predicted octanol–water partition coefficient (Wildman–Crippen LogP) is 4.63. The lowest BCUT2D eigenvalue weighted by molar-refractivity contribution is -0.167. The Morgan fingerprint density at radius 2 is 1.58 bits per heavy atom. The summed E-state index contributed by atoms with van der Waals surface area (Å²) >= 11 is 0. The molecule has 5 aliphatic carbocycles. The van der Waals surface area contributed by atoms with Crippen molar-refractivity contribution in [1.29, 1.82) is 0 Å². The summed E-state index contributed by atoms with van der Waals surface area (Å²) in [6.45, 7) is 12.9. The van der Waals surface area contributed by atoms with Crippen LogP contribution in [0.25, 0.3) is 0 Å². The highest BCUT2D eigenvalue weighted by Crippen LogP contribution is 2.87. The fourth-order valence-corrected chi connectivity index (χ4v) is 13.2. The summed E-state index contributed by atoms with van der Waals surface area (Å²) in [7, 11) is 0. The lowest BCUT2D eigenvalue weighted by Crippen LogP contribution is -2.70. The first-order valence-electron chi connectivity index (χ1n) is 18.9. The number of aliphatic hydroxyl groups excluding tert-OH is 1. The summed E-state index contributed by atoms with van der Waals surface area (Å²) in [5, 5.41) is 21.6. The van der Waals surface area contributed by atoms with Crippen molar-refractivity contribution in [2.75, 3.05) is 26.2 Å². The maximum Gasteiger partial charge on any atom is 0.410 e. The molecule has 0 aromatic heterocycles. The number of fused-ring (bicyclic) bond motifs is 4. The fraction of sp³-hybridized carbons (Fsp3) is 0.919. The molecule has 8 fully saturated rings. The van der Waals surface area contributed by atoms with Crippen LogP contribution in [0.4, 0.5) is 9.59 Å². The second kappa shape index (κ2) is 10.7. The highest BCUT2D eigenvalue weighted by molar-refractivity contribution is 5.76. The Morgan fingerprint density at radius 3 is 2.23 bits per heavy atom. The van der Waals surface area contributed by atoms with Crippen LogP contribution in [0.1, 0.15) is 98.8 Å². The van der Waals surface area contributed by atoms with E-state index >= 15 is 0 Å². The normalized spacial score (nSPS) is 47.6. The first kappa shape index (κ1) is 33.1. The van der Waals surface area contributed by atoms with E-state index in [0.717, 1.165) is 77.3 Å². The molecule has 3 saturated heterocycles. The Labute approximate surface area is 284 Å². The molecule has 0 aromatic rings. The minimum Gasteiger partial charge on any atom is -0.481 e. The van der Waals surface area contributed by atoms with Crippen LogP contribution >= 0.6 is 0 Å².